The maximum atomic E-state index is 2.37. The van der Waals surface area contributed by atoms with E-state index >= 15 is 0 Å². The number of aryl methyl sites for hydroxylation is 1. The van der Waals surface area contributed by atoms with E-state index in [4.69, 9.17) is 0 Å². The topological polar surface area (TPSA) is 0 Å². The lowest BCUT2D eigenvalue weighted by molar-refractivity contribution is 0.507. The molecule has 126 valence electrons. The van der Waals surface area contributed by atoms with Crippen molar-refractivity contribution < 1.29 is 0 Å². The molecule has 0 aliphatic rings. The van der Waals surface area contributed by atoms with E-state index < -0.39 is 0 Å². The molecule has 0 saturated heterocycles. The molecule has 0 atom stereocenters. The molecule has 2 aromatic rings. The van der Waals surface area contributed by atoms with Crippen molar-refractivity contribution in [3.8, 4) is 0 Å². The fourth-order valence-electron chi connectivity index (χ4n) is 3.34. The second-order valence-corrected chi connectivity index (χ2v) is 7.44. The summed E-state index contributed by atoms with van der Waals surface area (Å²) in [6, 6.07) is 15.6. The summed E-state index contributed by atoms with van der Waals surface area (Å²) in [7, 11) is 0. The highest BCUT2D eigenvalue weighted by Gasteiger charge is 1.98. The van der Waals surface area contributed by atoms with Gasteiger partial charge in [-0.3, -0.25) is 0 Å². The van der Waals surface area contributed by atoms with Crippen LogP contribution in [0.1, 0.15) is 77.2 Å². The van der Waals surface area contributed by atoms with Crippen molar-refractivity contribution in [3.63, 3.8) is 0 Å². The molecule has 0 bridgehead atoms. The molecule has 0 amide bonds. The maximum absolute atomic E-state index is 2.37. The molecular formula is C23H34. The maximum Gasteiger partial charge on any atom is -0.0181 e. The fourth-order valence-corrected chi connectivity index (χ4v) is 3.34. The Morgan fingerprint density at radius 3 is 1.96 bits per heavy atom. The summed E-state index contributed by atoms with van der Waals surface area (Å²) in [5.74, 6) is 0.880. The quantitative estimate of drug-likeness (QED) is 0.376. The zero-order valence-electron chi connectivity index (χ0n) is 15.2. The predicted molar refractivity (Wildman–Crippen MR) is 104 cm³/mol. The standard InChI is InChI=1S/C23H34/c1-20(2)13-9-7-5-3-4-6-8-10-14-21-17-18-22-15-11-12-16-23(22)19-21/h11-12,15-20H,3-10,13-14H2,1-2H3. The van der Waals surface area contributed by atoms with Gasteiger partial charge in [0.1, 0.15) is 0 Å². The summed E-state index contributed by atoms with van der Waals surface area (Å²) in [6.07, 6.45) is 14.0. The van der Waals surface area contributed by atoms with Crippen LogP contribution in [0.2, 0.25) is 0 Å². The van der Waals surface area contributed by atoms with E-state index in [0.29, 0.717) is 0 Å². The van der Waals surface area contributed by atoms with Crippen LogP contribution in [-0.4, -0.2) is 0 Å². The van der Waals surface area contributed by atoms with Gasteiger partial charge in [0.25, 0.3) is 0 Å². The molecule has 0 nitrogen and oxygen atoms in total. The molecule has 0 radical (unpaired) electrons. The predicted octanol–water partition coefficient (Wildman–Crippen LogP) is 7.55. The average molecular weight is 311 g/mol. The van der Waals surface area contributed by atoms with Crippen LogP contribution in [0, 0.1) is 5.92 Å². The number of unbranched alkanes of at least 4 members (excludes halogenated alkanes) is 7. The van der Waals surface area contributed by atoms with E-state index in [9.17, 15) is 0 Å². The summed E-state index contributed by atoms with van der Waals surface area (Å²) in [5, 5.41) is 2.74. The molecular weight excluding hydrogens is 276 g/mol. The monoisotopic (exact) mass is 310 g/mol. The van der Waals surface area contributed by atoms with Crippen molar-refractivity contribution in [1.29, 1.82) is 0 Å². The Balaban J connectivity index is 1.51. The molecule has 0 aliphatic carbocycles. The Hall–Kier alpha value is -1.30. The van der Waals surface area contributed by atoms with Gasteiger partial charge in [0, 0.05) is 0 Å². The lowest BCUT2D eigenvalue weighted by Gasteiger charge is -2.05. The zero-order chi connectivity index (χ0) is 16.3. The Morgan fingerprint density at radius 1 is 0.652 bits per heavy atom. The molecule has 0 unspecified atom stereocenters. The zero-order valence-corrected chi connectivity index (χ0v) is 15.2. The van der Waals surface area contributed by atoms with Gasteiger partial charge in [-0.05, 0) is 35.1 Å². The Kier molecular flexibility index (Phi) is 8.21. The minimum atomic E-state index is 0.880. The molecule has 0 heterocycles. The van der Waals surface area contributed by atoms with Crippen LogP contribution in [-0.2, 0) is 6.42 Å². The number of hydrogen-bond acceptors (Lipinski definition) is 0. The van der Waals surface area contributed by atoms with E-state index in [1.807, 2.05) is 0 Å². The molecule has 23 heavy (non-hydrogen) atoms. The van der Waals surface area contributed by atoms with Crippen LogP contribution in [0.15, 0.2) is 42.5 Å². The van der Waals surface area contributed by atoms with Gasteiger partial charge in [-0.25, -0.2) is 0 Å². The molecule has 0 N–H and O–H groups in total. The van der Waals surface area contributed by atoms with E-state index in [-0.39, 0.29) is 0 Å². The van der Waals surface area contributed by atoms with Crippen molar-refractivity contribution in [1.82, 2.24) is 0 Å². The SMILES string of the molecule is CC(C)CCCCCCCCCCc1ccc2ccccc2c1. The number of rotatable bonds is 11. The summed E-state index contributed by atoms with van der Waals surface area (Å²) in [6.45, 7) is 4.66. The summed E-state index contributed by atoms with van der Waals surface area (Å²) < 4.78 is 0. The molecule has 0 fully saturated rings. The minimum absolute atomic E-state index is 0.880. The molecule has 0 saturated carbocycles. The van der Waals surface area contributed by atoms with E-state index in [1.165, 1.54) is 80.5 Å². The first-order chi connectivity index (χ1) is 11.3. The third-order valence-corrected chi connectivity index (χ3v) is 4.81. The van der Waals surface area contributed by atoms with Crippen molar-refractivity contribution in [2.24, 2.45) is 5.92 Å². The van der Waals surface area contributed by atoms with Gasteiger partial charge in [-0.2, -0.15) is 0 Å². The molecule has 2 rings (SSSR count). The van der Waals surface area contributed by atoms with Crippen molar-refractivity contribution in [2.45, 2.75) is 78.1 Å². The molecule has 0 heteroatoms. The number of hydrogen-bond donors (Lipinski definition) is 0. The van der Waals surface area contributed by atoms with E-state index in [2.05, 4.69) is 56.3 Å². The second kappa shape index (κ2) is 10.5. The van der Waals surface area contributed by atoms with Crippen molar-refractivity contribution in [3.05, 3.63) is 48.0 Å². The summed E-state index contributed by atoms with van der Waals surface area (Å²) in [4.78, 5) is 0. The van der Waals surface area contributed by atoms with Gasteiger partial charge in [-0.15, -0.1) is 0 Å². The number of fused-ring (bicyclic) bond motifs is 1. The van der Waals surface area contributed by atoms with Crippen LogP contribution >= 0.6 is 0 Å². The Labute approximate surface area is 143 Å². The van der Waals surface area contributed by atoms with E-state index in [0.717, 1.165) is 5.92 Å². The highest BCUT2D eigenvalue weighted by Crippen LogP contribution is 2.18. The third-order valence-electron chi connectivity index (χ3n) is 4.81. The van der Waals surface area contributed by atoms with Gasteiger partial charge < -0.3 is 0 Å². The highest BCUT2D eigenvalue weighted by molar-refractivity contribution is 5.82. The lowest BCUT2D eigenvalue weighted by Crippen LogP contribution is -1.88. The fraction of sp³-hybridized carbons (Fsp3) is 0.565. The highest BCUT2D eigenvalue weighted by atomic mass is 14.0. The Bertz CT molecular complexity index is 553. The van der Waals surface area contributed by atoms with Gasteiger partial charge >= 0.3 is 0 Å². The largest absolute Gasteiger partial charge is 0.0628 e. The normalized spacial score (nSPS) is 11.4. The first-order valence-corrected chi connectivity index (χ1v) is 9.73. The van der Waals surface area contributed by atoms with Gasteiger partial charge in [-0.1, -0.05) is 108 Å². The Morgan fingerprint density at radius 2 is 1.26 bits per heavy atom. The van der Waals surface area contributed by atoms with Crippen LogP contribution in [0.5, 0.6) is 0 Å². The average Bonchev–Trinajstić information content (AvgIpc) is 2.56. The van der Waals surface area contributed by atoms with Gasteiger partial charge in [0.2, 0.25) is 0 Å². The van der Waals surface area contributed by atoms with Crippen LogP contribution < -0.4 is 0 Å². The van der Waals surface area contributed by atoms with Crippen LogP contribution in [0.25, 0.3) is 10.8 Å². The second-order valence-electron chi connectivity index (χ2n) is 7.44. The van der Waals surface area contributed by atoms with Gasteiger partial charge in [0.05, 0.1) is 0 Å². The summed E-state index contributed by atoms with van der Waals surface area (Å²) >= 11 is 0. The smallest absolute Gasteiger partial charge is 0.0181 e. The van der Waals surface area contributed by atoms with Crippen molar-refractivity contribution in [2.75, 3.05) is 0 Å². The molecule has 0 aromatic heterocycles. The molecule has 2 aromatic carbocycles. The minimum Gasteiger partial charge on any atom is -0.0628 e. The first kappa shape index (κ1) is 18.0. The van der Waals surface area contributed by atoms with Gasteiger partial charge in [0.15, 0.2) is 0 Å². The molecule has 0 spiro atoms. The van der Waals surface area contributed by atoms with E-state index in [1.54, 1.807) is 0 Å². The number of benzene rings is 2. The van der Waals surface area contributed by atoms with Crippen molar-refractivity contribution >= 4 is 10.8 Å². The first-order valence-electron chi connectivity index (χ1n) is 9.73. The third kappa shape index (κ3) is 7.20. The van der Waals surface area contributed by atoms with Crippen LogP contribution in [0.3, 0.4) is 0 Å². The summed E-state index contributed by atoms with van der Waals surface area (Å²) in [5.41, 5.74) is 1.50. The molecule has 0 aliphatic heterocycles. The van der Waals surface area contributed by atoms with Crippen LogP contribution in [0.4, 0.5) is 0 Å². The lowest BCUT2D eigenvalue weighted by atomic mass is 10.0.